The molecule has 4 nitrogen and oxygen atoms in total. The van der Waals surface area contributed by atoms with Crippen LogP contribution in [0.15, 0.2) is 42.2 Å². The molecule has 1 saturated carbocycles. The Bertz CT molecular complexity index is 704. The quantitative estimate of drug-likeness (QED) is 0.707. The van der Waals surface area contributed by atoms with E-state index in [0.29, 0.717) is 18.8 Å². The minimum Gasteiger partial charge on any atom is -0.509 e. The molecule has 2 atom stereocenters. The van der Waals surface area contributed by atoms with E-state index in [1.54, 1.807) is 12.1 Å². The molecule has 128 valence electrons. The van der Waals surface area contributed by atoms with Gasteiger partial charge in [-0.15, -0.1) is 0 Å². The van der Waals surface area contributed by atoms with Crippen LogP contribution in [0.2, 0.25) is 0 Å². The number of carbonyl (C=O) groups is 1. The molecule has 0 spiro atoms. The molecule has 0 unspecified atom stereocenters. The van der Waals surface area contributed by atoms with Gasteiger partial charge >= 0.3 is 5.97 Å². The Kier molecular flexibility index (Phi) is 4.39. The van der Waals surface area contributed by atoms with Crippen molar-refractivity contribution in [2.24, 2.45) is 5.92 Å². The largest absolute Gasteiger partial charge is 0.509 e. The van der Waals surface area contributed by atoms with Gasteiger partial charge in [0.1, 0.15) is 11.5 Å². The van der Waals surface area contributed by atoms with Crippen LogP contribution in [0.4, 0.5) is 0 Å². The lowest BCUT2D eigenvalue weighted by molar-refractivity contribution is -0.137. The smallest absolute Gasteiger partial charge is 0.303 e. The number of hydrogen-bond donors (Lipinski definition) is 3. The number of phenolic OH excluding ortho intramolecular Hbond substituents is 1. The van der Waals surface area contributed by atoms with Crippen LogP contribution >= 0.6 is 0 Å². The molecule has 1 aromatic rings. The maximum Gasteiger partial charge on any atom is 0.303 e. The summed E-state index contributed by atoms with van der Waals surface area (Å²) in [6.07, 6.45) is 7.15. The molecule has 24 heavy (non-hydrogen) atoms. The SMILES string of the molecule is C=C(O)/C=C1\[C@@H]2CCC[C@@]1(CCCC(=O)O)c1cc(O)ccc1C2. The van der Waals surface area contributed by atoms with E-state index < -0.39 is 5.97 Å². The molecular weight excluding hydrogens is 304 g/mol. The number of aliphatic hydroxyl groups excluding tert-OH is 1. The van der Waals surface area contributed by atoms with Crippen LogP contribution in [0.5, 0.6) is 5.75 Å². The third-order valence-corrected chi connectivity index (χ3v) is 5.54. The number of allylic oxidation sites excluding steroid dienone is 2. The van der Waals surface area contributed by atoms with Gasteiger partial charge in [0.2, 0.25) is 0 Å². The van der Waals surface area contributed by atoms with Crippen LogP contribution in [-0.2, 0) is 16.6 Å². The Hall–Kier alpha value is -2.23. The predicted molar refractivity (Wildman–Crippen MR) is 92.2 cm³/mol. The van der Waals surface area contributed by atoms with Gasteiger partial charge in [-0.3, -0.25) is 4.79 Å². The van der Waals surface area contributed by atoms with Crippen molar-refractivity contribution in [3.8, 4) is 5.75 Å². The van der Waals surface area contributed by atoms with Crippen molar-refractivity contribution in [2.75, 3.05) is 0 Å². The highest BCUT2D eigenvalue weighted by atomic mass is 16.4. The monoisotopic (exact) mass is 328 g/mol. The van der Waals surface area contributed by atoms with E-state index in [1.165, 1.54) is 5.56 Å². The van der Waals surface area contributed by atoms with E-state index in [-0.39, 0.29) is 23.3 Å². The first-order valence-electron chi connectivity index (χ1n) is 8.56. The molecule has 0 radical (unpaired) electrons. The molecule has 0 aliphatic heterocycles. The number of aliphatic carboxylic acids is 1. The second-order valence-electron chi connectivity index (χ2n) is 7.06. The van der Waals surface area contributed by atoms with Crippen molar-refractivity contribution in [1.29, 1.82) is 0 Å². The lowest BCUT2D eigenvalue weighted by atomic mass is 9.54. The molecule has 0 aromatic heterocycles. The molecule has 3 N–H and O–H groups in total. The number of aromatic hydroxyl groups is 1. The van der Waals surface area contributed by atoms with Gasteiger partial charge in [0, 0.05) is 11.8 Å². The topological polar surface area (TPSA) is 77.8 Å². The number of fused-ring (bicyclic) bond motifs is 4. The van der Waals surface area contributed by atoms with E-state index in [4.69, 9.17) is 5.11 Å². The molecule has 1 fully saturated rings. The van der Waals surface area contributed by atoms with Crippen molar-refractivity contribution in [1.82, 2.24) is 0 Å². The summed E-state index contributed by atoms with van der Waals surface area (Å²) in [7, 11) is 0. The van der Waals surface area contributed by atoms with Crippen molar-refractivity contribution < 1.29 is 20.1 Å². The van der Waals surface area contributed by atoms with Crippen LogP contribution in [0.3, 0.4) is 0 Å². The number of carboxylic acids is 1. The summed E-state index contributed by atoms with van der Waals surface area (Å²) in [5.41, 5.74) is 3.19. The molecular formula is C20H24O4. The van der Waals surface area contributed by atoms with Crippen LogP contribution in [0.25, 0.3) is 0 Å². The Morgan fingerprint density at radius 3 is 2.88 bits per heavy atom. The zero-order valence-corrected chi connectivity index (χ0v) is 13.8. The maximum atomic E-state index is 11.0. The standard InChI is InChI=1S/C20H24O4/c1-13(21)10-17-14-4-2-8-20(17,9-3-5-19(23)24)18-12-16(22)7-6-15(18)11-14/h6-7,10,12,14,21-22H,1-5,8-9,11H2,(H,23,24)/b17-10+/t14-,20+/m1/s1. The zero-order valence-electron chi connectivity index (χ0n) is 13.8. The van der Waals surface area contributed by atoms with Crippen molar-refractivity contribution in [3.05, 3.63) is 53.3 Å². The van der Waals surface area contributed by atoms with Gasteiger partial charge in [-0.1, -0.05) is 24.6 Å². The Labute approximate surface area is 142 Å². The third-order valence-electron chi connectivity index (χ3n) is 5.54. The number of aliphatic hydroxyl groups is 1. The molecule has 4 heteroatoms. The summed E-state index contributed by atoms with van der Waals surface area (Å²) in [6, 6.07) is 5.53. The minimum absolute atomic E-state index is 0.0445. The first kappa shape index (κ1) is 16.6. The second kappa shape index (κ2) is 6.34. The molecule has 0 amide bonds. The first-order valence-corrected chi connectivity index (χ1v) is 8.56. The van der Waals surface area contributed by atoms with Gasteiger partial charge in [-0.2, -0.15) is 0 Å². The van der Waals surface area contributed by atoms with Gasteiger partial charge < -0.3 is 15.3 Å². The molecule has 0 saturated heterocycles. The zero-order chi connectivity index (χ0) is 17.3. The van der Waals surface area contributed by atoms with Crippen LogP contribution in [-0.4, -0.2) is 21.3 Å². The van der Waals surface area contributed by atoms with Gasteiger partial charge in [0.25, 0.3) is 0 Å². The van der Waals surface area contributed by atoms with Crippen molar-refractivity contribution in [3.63, 3.8) is 0 Å². The highest BCUT2D eigenvalue weighted by Crippen LogP contribution is 2.55. The number of phenols is 1. The van der Waals surface area contributed by atoms with Crippen LogP contribution in [0, 0.1) is 5.92 Å². The average Bonchev–Trinajstić information content (AvgIpc) is 2.49. The van der Waals surface area contributed by atoms with E-state index >= 15 is 0 Å². The summed E-state index contributed by atoms with van der Waals surface area (Å²) in [5, 5.41) is 28.8. The summed E-state index contributed by atoms with van der Waals surface area (Å²) in [5.74, 6) is -0.159. The predicted octanol–water partition coefficient (Wildman–Crippen LogP) is 4.24. The highest BCUT2D eigenvalue weighted by Gasteiger charge is 2.46. The summed E-state index contributed by atoms with van der Waals surface area (Å²) in [4.78, 5) is 11.0. The van der Waals surface area contributed by atoms with Crippen LogP contribution < -0.4 is 0 Å². The van der Waals surface area contributed by atoms with Gasteiger partial charge in [0.15, 0.2) is 0 Å². The summed E-state index contributed by atoms with van der Waals surface area (Å²) >= 11 is 0. The summed E-state index contributed by atoms with van der Waals surface area (Å²) < 4.78 is 0. The number of hydrogen-bond acceptors (Lipinski definition) is 3. The van der Waals surface area contributed by atoms with E-state index in [9.17, 15) is 15.0 Å². The van der Waals surface area contributed by atoms with Gasteiger partial charge in [0.05, 0.1) is 0 Å². The molecule has 0 heterocycles. The third kappa shape index (κ3) is 2.93. The maximum absolute atomic E-state index is 11.0. The first-order chi connectivity index (χ1) is 11.4. The second-order valence-corrected chi connectivity index (χ2v) is 7.06. The van der Waals surface area contributed by atoms with Gasteiger partial charge in [-0.05, 0) is 67.4 Å². The van der Waals surface area contributed by atoms with Crippen molar-refractivity contribution >= 4 is 5.97 Å². The average molecular weight is 328 g/mol. The van der Waals surface area contributed by atoms with E-state index in [0.717, 1.165) is 36.8 Å². The fraction of sp³-hybridized carbons (Fsp3) is 0.450. The fourth-order valence-corrected chi connectivity index (χ4v) is 4.68. The molecule has 2 aliphatic carbocycles. The molecule has 1 aromatic carbocycles. The Morgan fingerprint density at radius 2 is 2.17 bits per heavy atom. The van der Waals surface area contributed by atoms with E-state index in [1.807, 2.05) is 12.1 Å². The van der Waals surface area contributed by atoms with Gasteiger partial charge in [-0.25, -0.2) is 0 Å². The summed E-state index contributed by atoms with van der Waals surface area (Å²) in [6.45, 7) is 3.63. The Morgan fingerprint density at radius 1 is 1.38 bits per heavy atom. The van der Waals surface area contributed by atoms with Crippen LogP contribution in [0.1, 0.15) is 49.7 Å². The number of rotatable bonds is 5. The minimum atomic E-state index is -0.789. The molecule has 2 aliphatic rings. The lowest BCUT2D eigenvalue weighted by Gasteiger charge is -2.49. The molecule has 2 bridgehead atoms. The van der Waals surface area contributed by atoms with Crippen molar-refractivity contribution in [2.45, 2.75) is 50.4 Å². The van der Waals surface area contributed by atoms with E-state index in [2.05, 4.69) is 6.58 Å². The highest BCUT2D eigenvalue weighted by molar-refractivity contribution is 5.66. The lowest BCUT2D eigenvalue weighted by Crippen LogP contribution is -2.41. The fourth-order valence-electron chi connectivity index (χ4n) is 4.68. The normalized spacial score (nSPS) is 26.8. The molecule has 3 rings (SSSR count). The number of carboxylic acid groups (broad SMARTS) is 1. The Balaban J connectivity index is 2.10. The number of benzene rings is 1.